The van der Waals surface area contributed by atoms with Crippen LogP contribution in [0.2, 0.25) is 0 Å². The smallest absolute Gasteiger partial charge is 0.265 e. The first kappa shape index (κ1) is 26.6. The second-order valence-corrected chi connectivity index (χ2v) is 12.0. The zero-order valence-corrected chi connectivity index (χ0v) is 24.2. The quantitative estimate of drug-likeness (QED) is 0.257. The maximum atomic E-state index is 13.2. The number of hydrogen-bond donors (Lipinski definition) is 2. The third kappa shape index (κ3) is 4.99. The minimum Gasteiger partial charge on any atom is -0.378 e. The van der Waals surface area contributed by atoms with Gasteiger partial charge in [-0.15, -0.1) is 11.3 Å². The Bertz CT molecular complexity index is 1780. The summed E-state index contributed by atoms with van der Waals surface area (Å²) in [6.07, 6.45) is 6.08. The molecule has 42 heavy (non-hydrogen) atoms. The monoisotopic (exact) mass is 577 g/mol. The molecule has 0 atom stereocenters. The molecule has 2 amide bonds. The first-order chi connectivity index (χ1) is 20.5. The summed E-state index contributed by atoms with van der Waals surface area (Å²) in [5, 5.41) is 4.03. The third-order valence-electron chi connectivity index (χ3n) is 8.22. The van der Waals surface area contributed by atoms with Crippen LogP contribution in [0.3, 0.4) is 0 Å². The lowest BCUT2D eigenvalue weighted by molar-refractivity contribution is 0.0303. The number of ether oxygens (including phenoxy) is 1. The van der Waals surface area contributed by atoms with Crippen molar-refractivity contribution in [2.24, 2.45) is 0 Å². The highest BCUT2D eigenvalue weighted by atomic mass is 32.1. The van der Waals surface area contributed by atoms with E-state index in [4.69, 9.17) is 4.74 Å². The molecule has 1 fully saturated rings. The summed E-state index contributed by atoms with van der Waals surface area (Å²) in [5.74, 6) is -0.0438. The molecule has 0 spiro atoms. The number of anilines is 1. The van der Waals surface area contributed by atoms with E-state index in [1.165, 1.54) is 23.3 Å². The molecule has 7 rings (SSSR count). The van der Waals surface area contributed by atoms with E-state index in [-0.39, 0.29) is 11.8 Å². The Morgan fingerprint density at radius 1 is 1.00 bits per heavy atom. The van der Waals surface area contributed by atoms with Gasteiger partial charge in [-0.25, -0.2) is 9.97 Å². The molecule has 2 aliphatic rings. The van der Waals surface area contributed by atoms with Gasteiger partial charge in [0.15, 0.2) is 0 Å². The number of hydrogen-bond acceptors (Lipinski definition) is 6. The van der Waals surface area contributed by atoms with Crippen LogP contribution < -0.4 is 5.32 Å². The SMILES string of the molecule is Cc1c(NC(=O)c2cc3c(s2)CCCC3)cccc1-c1ncnc2[nH]c(-c3ccc(C(=O)N4CCOCC4)cc3)cc12. The number of aromatic nitrogens is 3. The Hall–Kier alpha value is -4.34. The summed E-state index contributed by atoms with van der Waals surface area (Å²) < 4.78 is 5.37. The van der Waals surface area contributed by atoms with Crippen LogP contribution in [0.25, 0.3) is 33.5 Å². The van der Waals surface area contributed by atoms with Crippen LogP contribution in [0.5, 0.6) is 0 Å². The number of rotatable bonds is 5. The Labute approximate surface area is 247 Å². The fourth-order valence-corrected chi connectivity index (χ4v) is 7.01. The van der Waals surface area contributed by atoms with Crippen molar-refractivity contribution in [1.82, 2.24) is 19.9 Å². The molecule has 1 saturated heterocycles. The zero-order chi connectivity index (χ0) is 28.6. The van der Waals surface area contributed by atoms with Crippen LogP contribution >= 0.6 is 11.3 Å². The number of benzene rings is 2. The standard InChI is InChI=1S/C33H31N5O3S/c1-20-24(6-4-7-26(20)37-32(39)29-17-23-5-2-3-8-28(23)42-29)30-25-18-27(36-31(25)35-19-34-30)21-9-11-22(12-10-21)33(40)38-13-15-41-16-14-38/h4,6-7,9-12,17-19H,2-3,5,8,13-16H2,1H3,(H,37,39)(H,34,35,36). The van der Waals surface area contributed by atoms with Gasteiger partial charge >= 0.3 is 0 Å². The minimum atomic E-state index is -0.0676. The van der Waals surface area contributed by atoms with Crippen molar-refractivity contribution in [1.29, 1.82) is 0 Å². The first-order valence-corrected chi connectivity index (χ1v) is 15.2. The topological polar surface area (TPSA) is 100 Å². The summed E-state index contributed by atoms with van der Waals surface area (Å²) in [4.78, 5) is 42.6. The molecule has 8 nitrogen and oxygen atoms in total. The second kappa shape index (κ2) is 11.2. The molecule has 5 aromatic rings. The summed E-state index contributed by atoms with van der Waals surface area (Å²) >= 11 is 1.62. The number of fused-ring (bicyclic) bond motifs is 2. The van der Waals surface area contributed by atoms with Crippen LogP contribution in [-0.4, -0.2) is 58.0 Å². The van der Waals surface area contributed by atoms with Gasteiger partial charge in [-0.1, -0.05) is 24.3 Å². The van der Waals surface area contributed by atoms with E-state index in [9.17, 15) is 9.59 Å². The maximum absolute atomic E-state index is 13.2. The third-order valence-corrected chi connectivity index (χ3v) is 9.46. The van der Waals surface area contributed by atoms with Gasteiger partial charge in [-0.05, 0) is 79.6 Å². The molecule has 2 aromatic carbocycles. The predicted octanol–water partition coefficient (Wildman–Crippen LogP) is 6.27. The Balaban J connectivity index is 1.15. The van der Waals surface area contributed by atoms with E-state index >= 15 is 0 Å². The average Bonchev–Trinajstić information content (AvgIpc) is 3.67. The van der Waals surface area contributed by atoms with E-state index in [1.54, 1.807) is 17.7 Å². The van der Waals surface area contributed by atoms with Crippen LogP contribution in [-0.2, 0) is 17.6 Å². The van der Waals surface area contributed by atoms with Crippen LogP contribution in [0, 0.1) is 6.92 Å². The zero-order valence-electron chi connectivity index (χ0n) is 23.4. The number of aryl methyl sites for hydroxylation is 2. The van der Waals surface area contributed by atoms with E-state index < -0.39 is 0 Å². The van der Waals surface area contributed by atoms with Gasteiger partial charge in [-0.3, -0.25) is 9.59 Å². The molecule has 1 aliphatic carbocycles. The number of aromatic amines is 1. The van der Waals surface area contributed by atoms with E-state index in [0.29, 0.717) is 31.9 Å². The van der Waals surface area contributed by atoms with Gasteiger partial charge in [0.2, 0.25) is 0 Å². The molecule has 0 radical (unpaired) electrons. The van der Waals surface area contributed by atoms with Crippen molar-refractivity contribution in [3.63, 3.8) is 0 Å². The molecule has 9 heteroatoms. The predicted molar refractivity (Wildman–Crippen MR) is 165 cm³/mol. The number of H-pyrrole nitrogens is 1. The highest BCUT2D eigenvalue weighted by Gasteiger charge is 2.21. The number of carbonyl (C=O) groups excluding carboxylic acids is 2. The highest BCUT2D eigenvalue weighted by molar-refractivity contribution is 7.14. The Morgan fingerprint density at radius 2 is 1.81 bits per heavy atom. The number of nitrogens with one attached hydrogen (secondary N) is 2. The van der Waals surface area contributed by atoms with Crippen molar-refractivity contribution >= 4 is 39.9 Å². The van der Waals surface area contributed by atoms with Crippen LogP contribution in [0.1, 0.15) is 48.9 Å². The lowest BCUT2D eigenvalue weighted by Crippen LogP contribution is -2.40. The van der Waals surface area contributed by atoms with Gasteiger partial charge in [0.05, 0.1) is 23.8 Å². The summed E-state index contributed by atoms with van der Waals surface area (Å²) in [6, 6.07) is 17.7. The molecule has 3 aromatic heterocycles. The summed E-state index contributed by atoms with van der Waals surface area (Å²) in [5.41, 5.74) is 8.00. The van der Waals surface area contributed by atoms with Crippen LogP contribution in [0.15, 0.2) is 60.9 Å². The van der Waals surface area contributed by atoms with Gasteiger partial charge in [-0.2, -0.15) is 0 Å². The fraction of sp³-hybridized carbons (Fsp3) is 0.273. The lowest BCUT2D eigenvalue weighted by atomic mass is 9.99. The maximum Gasteiger partial charge on any atom is 0.265 e. The molecule has 0 unspecified atom stereocenters. The molecule has 4 heterocycles. The highest BCUT2D eigenvalue weighted by Crippen LogP contribution is 2.35. The Kier molecular flexibility index (Phi) is 7.05. The molecular formula is C33H31N5O3S. The molecule has 212 valence electrons. The van der Waals surface area contributed by atoms with Crippen molar-refractivity contribution in [3.05, 3.63) is 87.4 Å². The van der Waals surface area contributed by atoms with Crippen LogP contribution in [0.4, 0.5) is 5.69 Å². The first-order valence-electron chi connectivity index (χ1n) is 14.4. The molecule has 0 bridgehead atoms. The number of nitrogens with zero attached hydrogens (tertiary/aromatic N) is 3. The van der Waals surface area contributed by atoms with E-state index in [2.05, 4.69) is 26.3 Å². The molecule has 2 N–H and O–H groups in total. The van der Waals surface area contributed by atoms with Crippen molar-refractivity contribution < 1.29 is 14.3 Å². The molecular weight excluding hydrogens is 546 g/mol. The van der Waals surface area contributed by atoms with Crippen molar-refractivity contribution in [3.8, 4) is 22.5 Å². The minimum absolute atomic E-state index is 0.0239. The molecule has 1 aliphatic heterocycles. The summed E-state index contributed by atoms with van der Waals surface area (Å²) in [7, 11) is 0. The van der Waals surface area contributed by atoms with Gasteiger partial charge in [0, 0.05) is 45.9 Å². The van der Waals surface area contributed by atoms with Crippen molar-refractivity contribution in [2.75, 3.05) is 31.6 Å². The van der Waals surface area contributed by atoms with Gasteiger partial charge in [0.25, 0.3) is 11.8 Å². The normalized spacial score (nSPS) is 15.0. The fourth-order valence-electron chi connectivity index (χ4n) is 5.87. The molecule has 0 saturated carbocycles. The number of morpholine rings is 1. The lowest BCUT2D eigenvalue weighted by Gasteiger charge is -2.26. The van der Waals surface area contributed by atoms with Gasteiger partial charge < -0.3 is 19.9 Å². The number of amides is 2. The second-order valence-electron chi connectivity index (χ2n) is 10.8. The van der Waals surface area contributed by atoms with Crippen molar-refractivity contribution in [2.45, 2.75) is 32.6 Å². The van der Waals surface area contributed by atoms with E-state index in [1.807, 2.05) is 60.4 Å². The number of carbonyl (C=O) groups is 2. The largest absolute Gasteiger partial charge is 0.378 e. The summed E-state index contributed by atoms with van der Waals surface area (Å²) in [6.45, 7) is 4.39. The van der Waals surface area contributed by atoms with E-state index in [0.717, 1.165) is 62.5 Å². The average molecular weight is 578 g/mol. The Morgan fingerprint density at radius 3 is 2.62 bits per heavy atom. The number of thiophene rings is 1. The van der Waals surface area contributed by atoms with Gasteiger partial charge in [0.1, 0.15) is 12.0 Å².